The maximum Gasteiger partial charge on any atom is 0.258 e. The average Bonchev–Trinajstić information content (AvgIpc) is 2.26. The number of amides is 1. The first-order valence-corrected chi connectivity index (χ1v) is 5.97. The summed E-state index contributed by atoms with van der Waals surface area (Å²) in [7, 11) is 0. The molecule has 1 amide bonds. The average molecular weight is 279 g/mol. The Balaban J connectivity index is 2.31. The lowest BCUT2D eigenvalue weighted by Gasteiger charge is -2.10. The van der Waals surface area contributed by atoms with Crippen molar-refractivity contribution in [2.45, 2.75) is 6.92 Å². The van der Waals surface area contributed by atoms with Gasteiger partial charge in [0.05, 0.1) is 5.56 Å². The Labute approximate surface area is 115 Å². The van der Waals surface area contributed by atoms with Crippen LogP contribution < -0.4 is 11.1 Å². The molecule has 0 aliphatic heterocycles. The predicted molar refractivity (Wildman–Crippen MR) is 75.0 cm³/mol. The third kappa shape index (κ3) is 3.03. The molecule has 98 valence electrons. The molecule has 0 bridgehead atoms. The van der Waals surface area contributed by atoms with E-state index in [9.17, 15) is 9.18 Å². The number of hydrogen-bond acceptors (Lipinski definition) is 2. The first-order chi connectivity index (χ1) is 8.97. The van der Waals surface area contributed by atoms with Crippen molar-refractivity contribution < 1.29 is 9.18 Å². The molecule has 0 saturated heterocycles. The predicted octanol–water partition coefficient (Wildman–Crippen LogP) is 3.62. The summed E-state index contributed by atoms with van der Waals surface area (Å²) in [6.07, 6.45) is 0. The van der Waals surface area contributed by atoms with E-state index in [4.69, 9.17) is 17.3 Å². The fourth-order valence-electron chi connectivity index (χ4n) is 1.82. The number of carbonyl (C=O) groups is 1. The lowest BCUT2D eigenvalue weighted by Crippen LogP contribution is -2.15. The number of carbonyl (C=O) groups excluding carboxylic acids is 1. The first kappa shape index (κ1) is 13.4. The van der Waals surface area contributed by atoms with Crippen LogP contribution in [0.2, 0.25) is 5.02 Å². The SMILES string of the molecule is Cc1cccc(N)c1C(=O)Nc1cc(F)cc(Cl)c1. The topological polar surface area (TPSA) is 55.1 Å². The molecule has 0 atom stereocenters. The van der Waals surface area contributed by atoms with Crippen LogP contribution in [0.5, 0.6) is 0 Å². The lowest BCUT2D eigenvalue weighted by molar-refractivity contribution is 0.102. The zero-order valence-electron chi connectivity index (χ0n) is 10.2. The minimum absolute atomic E-state index is 0.216. The molecular weight excluding hydrogens is 267 g/mol. The molecule has 3 N–H and O–H groups in total. The number of benzene rings is 2. The Hall–Kier alpha value is -2.07. The third-order valence-corrected chi connectivity index (χ3v) is 2.87. The van der Waals surface area contributed by atoms with Crippen molar-refractivity contribution in [2.24, 2.45) is 0 Å². The van der Waals surface area contributed by atoms with Crippen molar-refractivity contribution in [3.63, 3.8) is 0 Å². The highest BCUT2D eigenvalue weighted by atomic mass is 35.5. The van der Waals surface area contributed by atoms with Crippen molar-refractivity contribution >= 4 is 28.9 Å². The van der Waals surface area contributed by atoms with Crippen LogP contribution in [-0.2, 0) is 0 Å². The summed E-state index contributed by atoms with van der Waals surface area (Å²) in [6.45, 7) is 1.78. The van der Waals surface area contributed by atoms with Crippen molar-refractivity contribution in [3.05, 3.63) is 58.4 Å². The summed E-state index contributed by atoms with van der Waals surface area (Å²) in [5.74, 6) is -0.905. The van der Waals surface area contributed by atoms with E-state index >= 15 is 0 Å². The molecule has 0 radical (unpaired) electrons. The van der Waals surface area contributed by atoms with Crippen molar-refractivity contribution in [3.8, 4) is 0 Å². The smallest absolute Gasteiger partial charge is 0.258 e. The van der Waals surface area contributed by atoms with E-state index < -0.39 is 11.7 Å². The highest BCUT2D eigenvalue weighted by Crippen LogP contribution is 2.21. The summed E-state index contributed by atoms with van der Waals surface area (Å²) >= 11 is 5.73. The number of nitrogen functional groups attached to an aromatic ring is 1. The number of nitrogens with one attached hydrogen (secondary N) is 1. The molecule has 0 unspecified atom stereocenters. The number of anilines is 2. The quantitative estimate of drug-likeness (QED) is 0.824. The number of aryl methyl sites for hydroxylation is 1. The van der Waals surface area contributed by atoms with Crippen LogP contribution in [-0.4, -0.2) is 5.91 Å². The van der Waals surface area contributed by atoms with Crippen molar-refractivity contribution in [2.75, 3.05) is 11.1 Å². The molecule has 0 spiro atoms. The Bertz CT molecular complexity index is 603. The number of rotatable bonds is 2. The van der Waals surface area contributed by atoms with E-state index in [1.54, 1.807) is 25.1 Å². The molecule has 2 rings (SSSR count). The second-order valence-corrected chi connectivity index (χ2v) is 4.59. The van der Waals surface area contributed by atoms with E-state index in [2.05, 4.69) is 5.32 Å². The van der Waals surface area contributed by atoms with Crippen LogP contribution in [0.3, 0.4) is 0 Å². The maximum atomic E-state index is 13.2. The summed E-state index contributed by atoms with van der Waals surface area (Å²) in [6, 6.07) is 9.01. The van der Waals surface area contributed by atoms with Gasteiger partial charge in [0.15, 0.2) is 0 Å². The van der Waals surface area contributed by atoms with Gasteiger partial charge in [0.1, 0.15) is 5.82 Å². The molecule has 0 fully saturated rings. The van der Waals surface area contributed by atoms with Crippen LogP contribution in [0, 0.1) is 12.7 Å². The Kier molecular flexibility index (Phi) is 3.71. The Morgan fingerprint density at radius 2 is 2.05 bits per heavy atom. The van der Waals surface area contributed by atoms with Gasteiger partial charge in [-0.1, -0.05) is 23.7 Å². The Morgan fingerprint density at radius 3 is 2.68 bits per heavy atom. The minimum atomic E-state index is -0.513. The highest BCUT2D eigenvalue weighted by molar-refractivity contribution is 6.31. The molecule has 19 heavy (non-hydrogen) atoms. The summed E-state index contributed by atoms with van der Waals surface area (Å²) < 4.78 is 13.2. The van der Waals surface area contributed by atoms with Gasteiger partial charge in [-0.2, -0.15) is 0 Å². The summed E-state index contributed by atoms with van der Waals surface area (Å²) in [4.78, 5) is 12.1. The fraction of sp³-hybridized carbons (Fsp3) is 0.0714. The molecular formula is C14H12ClFN2O. The van der Waals surface area contributed by atoms with E-state index in [0.29, 0.717) is 11.3 Å². The van der Waals surface area contributed by atoms with E-state index in [1.807, 2.05) is 0 Å². The zero-order chi connectivity index (χ0) is 14.0. The molecule has 0 aliphatic rings. The van der Waals surface area contributed by atoms with Gasteiger partial charge in [-0.15, -0.1) is 0 Å². The molecule has 0 aliphatic carbocycles. The normalized spacial score (nSPS) is 10.3. The van der Waals surface area contributed by atoms with Crippen molar-refractivity contribution in [1.29, 1.82) is 0 Å². The molecule has 0 aromatic heterocycles. The van der Waals surface area contributed by atoms with Crippen LogP contribution in [0.15, 0.2) is 36.4 Å². The monoisotopic (exact) mass is 278 g/mol. The van der Waals surface area contributed by atoms with Gasteiger partial charge in [0.25, 0.3) is 5.91 Å². The minimum Gasteiger partial charge on any atom is -0.398 e. The van der Waals surface area contributed by atoms with Crippen molar-refractivity contribution in [1.82, 2.24) is 0 Å². The van der Waals surface area contributed by atoms with E-state index in [1.165, 1.54) is 18.2 Å². The standard InChI is InChI=1S/C14H12ClFN2O/c1-8-3-2-4-12(17)13(8)14(19)18-11-6-9(15)5-10(16)7-11/h2-7H,17H2,1H3,(H,18,19). The van der Waals surface area contributed by atoms with Gasteiger partial charge < -0.3 is 11.1 Å². The molecule has 2 aromatic carbocycles. The highest BCUT2D eigenvalue weighted by Gasteiger charge is 2.13. The van der Waals surface area contributed by atoms with Gasteiger partial charge >= 0.3 is 0 Å². The van der Waals surface area contributed by atoms with E-state index in [0.717, 1.165) is 5.56 Å². The lowest BCUT2D eigenvalue weighted by atomic mass is 10.1. The van der Waals surface area contributed by atoms with E-state index in [-0.39, 0.29) is 10.7 Å². The second kappa shape index (κ2) is 5.28. The Morgan fingerprint density at radius 1 is 1.32 bits per heavy atom. The van der Waals surface area contributed by atoms with Gasteiger partial charge in [-0.25, -0.2) is 4.39 Å². The van der Waals surface area contributed by atoms with Crippen LogP contribution in [0.1, 0.15) is 15.9 Å². The van der Waals surface area contributed by atoms with Crippen LogP contribution >= 0.6 is 11.6 Å². The maximum absolute atomic E-state index is 13.2. The molecule has 5 heteroatoms. The van der Waals surface area contributed by atoms with Crippen LogP contribution in [0.4, 0.5) is 15.8 Å². The summed E-state index contributed by atoms with van der Waals surface area (Å²) in [5.41, 5.74) is 7.57. The second-order valence-electron chi connectivity index (χ2n) is 4.15. The number of nitrogens with two attached hydrogens (primary N) is 1. The first-order valence-electron chi connectivity index (χ1n) is 5.60. The largest absolute Gasteiger partial charge is 0.398 e. The zero-order valence-corrected chi connectivity index (χ0v) is 11.0. The van der Waals surface area contributed by atoms with Crippen LogP contribution in [0.25, 0.3) is 0 Å². The third-order valence-electron chi connectivity index (χ3n) is 2.65. The van der Waals surface area contributed by atoms with Gasteiger partial charge in [0, 0.05) is 16.4 Å². The van der Waals surface area contributed by atoms with Gasteiger partial charge in [-0.05, 0) is 36.8 Å². The fourth-order valence-corrected chi connectivity index (χ4v) is 2.04. The molecule has 0 heterocycles. The summed E-state index contributed by atoms with van der Waals surface area (Å²) in [5, 5.41) is 2.79. The molecule has 3 nitrogen and oxygen atoms in total. The molecule has 2 aromatic rings. The van der Waals surface area contributed by atoms with Gasteiger partial charge in [0.2, 0.25) is 0 Å². The molecule has 0 saturated carbocycles. The number of hydrogen-bond donors (Lipinski definition) is 2. The van der Waals surface area contributed by atoms with Gasteiger partial charge in [-0.3, -0.25) is 4.79 Å². The number of halogens is 2.